The monoisotopic (exact) mass is 409 g/mol. The second-order valence-electron chi connectivity index (χ2n) is 7.72. The number of aryl methyl sites for hydroxylation is 2. The van der Waals surface area contributed by atoms with Crippen molar-refractivity contribution >= 4 is 10.0 Å². The lowest BCUT2D eigenvalue weighted by Crippen LogP contribution is -2.41. The number of fused-ring (bicyclic) bond motifs is 1. The van der Waals surface area contributed by atoms with Gasteiger partial charge in [-0.2, -0.15) is 0 Å². The highest BCUT2D eigenvalue weighted by Crippen LogP contribution is 2.28. The second-order valence-corrected chi connectivity index (χ2v) is 9.48. The number of benzene rings is 2. The van der Waals surface area contributed by atoms with Gasteiger partial charge in [0.15, 0.2) is 0 Å². The molecule has 152 valence electrons. The Balaban J connectivity index is 1.58. The van der Waals surface area contributed by atoms with Crippen LogP contribution in [0.25, 0.3) is 0 Å². The highest BCUT2D eigenvalue weighted by molar-refractivity contribution is 7.89. The Morgan fingerprint density at radius 2 is 1.83 bits per heavy atom. The van der Waals surface area contributed by atoms with E-state index in [1.165, 1.54) is 11.1 Å². The van der Waals surface area contributed by atoms with Gasteiger partial charge < -0.3 is 4.57 Å². The summed E-state index contributed by atoms with van der Waals surface area (Å²) in [6.45, 7) is 3.95. The van der Waals surface area contributed by atoms with E-state index < -0.39 is 10.0 Å². The Kier molecular flexibility index (Phi) is 5.58. The van der Waals surface area contributed by atoms with Crippen LogP contribution in [0.1, 0.15) is 28.4 Å². The van der Waals surface area contributed by atoms with Crippen molar-refractivity contribution in [1.82, 2.24) is 14.2 Å². The zero-order valence-corrected chi connectivity index (χ0v) is 17.7. The lowest BCUT2D eigenvalue weighted by molar-refractivity contribution is 0.174. The van der Waals surface area contributed by atoms with E-state index in [-0.39, 0.29) is 6.04 Å². The van der Waals surface area contributed by atoms with E-state index in [1.54, 1.807) is 18.2 Å². The van der Waals surface area contributed by atoms with Gasteiger partial charge in [0.1, 0.15) is 0 Å². The molecule has 1 aliphatic heterocycles. The third-order valence-corrected chi connectivity index (χ3v) is 7.11. The fourth-order valence-corrected chi connectivity index (χ4v) is 5.22. The molecule has 0 saturated carbocycles. The first-order chi connectivity index (χ1) is 13.9. The van der Waals surface area contributed by atoms with E-state index in [2.05, 4.69) is 44.5 Å². The Labute approximate surface area is 173 Å². The summed E-state index contributed by atoms with van der Waals surface area (Å²) in [4.78, 5) is 2.68. The predicted molar refractivity (Wildman–Crippen MR) is 115 cm³/mol. The molecule has 0 fully saturated rings. The SMILES string of the molecule is Cc1cccc(S(=O)(=O)NCC(c2cccn2C)N2CCc3ccccc3C2)c1. The van der Waals surface area contributed by atoms with Crippen molar-refractivity contribution in [3.8, 4) is 0 Å². The summed E-state index contributed by atoms with van der Waals surface area (Å²) in [6.07, 6.45) is 2.98. The second kappa shape index (κ2) is 8.14. The van der Waals surface area contributed by atoms with Crippen LogP contribution in [-0.2, 0) is 30.0 Å². The van der Waals surface area contributed by atoms with Gasteiger partial charge in [0, 0.05) is 38.6 Å². The van der Waals surface area contributed by atoms with Crippen LogP contribution in [-0.4, -0.2) is 31.0 Å². The van der Waals surface area contributed by atoms with E-state index in [4.69, 9.17) is 0 Å². The lowest BCUT2D eigenvalue weighted by atomic mass is 9.98. The normalized spacial score (nSPS) is 15.8. The third kappa shape index (κ3) is 4.29. The summed E-state index contributed by atoms with van der Waals surface area (Å²) in [6, 6.07) is 19.6. The standard InChI is InChI=1S/C23H27N3O2S/c1-18-7-5-10-21(15-18)29(27,28)24-16-23(22-11-6-13-25(22)2)26-14-12-19-8-3-4-9-20(19)17-26/h3-11,13,15,23-24H,12,14,16-17H2,1-2H3. The van der Waals surface area contributed by atoms with Gasteiger partial charge >= 0.3 is 0 Å². The first kappa shape index (κ1) is 19.9. The van der Waals surface area contributed by atoms with Crippen LogP contribution in [0, 0.1) is 6.92 Å². The molecule has 0 spiro atoms. The number of aromatic nitrogens is 1. The summed E-state index contributed by atoms with van der Waals surface area (Å²) in [5.41, 5.74) is 4.74. The zero-order chi connectivity index (χ0) is 20.4. The van der Waals surface area contributed by atoms with Crippen LogP contribution in [0.5, 0.6) is 0 Å². The Morgan fingerprint density at radius 3 is 2.55 bits per heavy atom. The van der Waals surface area contributed by atoms with Crippen molar-refractivity contribution in [3.63, 3.8) is 0 Å². The molecule has 1 aromatic heterocycles. The molecule has 5 nitrogen and oxygen atoms in total. The van der Waals surface area contributed by atoms with Crippen molar-refractivity contribution in [1.29, 1.82) is 0 Å². The number of rotatable bonds is 6. The van der Waals surface area contributed by atoms with Gasteiger partial charge in [0.25, 0.3) is 0 Å². The molecule has 0 aliphatic carbocycles. The fourth-order valence-electron chi connectivity index (χ4n) is 4.08. The molecule has 6 heteroatoms. The highest BCUT2D eigenvalue weighted by Gasteiger charge is 2.28. The van der Waals surface area contributed by atoms with Crippen LogP contribution in [0.4, 0.5) is 0 Å². The van der Waals surface area contributed by atoms with Crippen molar-refractivity contribution in [2.24, 2.45) is 7.05 Å². The summed E-state index contributed by atoms with van der Waals surface area (Å²) < 4.78 is 30.7. The van der Waals surface area contributed by atoms with Crippen molar-refractivity contribution in [3.05, 3.63) is 89.2 Å². The topological polar surface area (TPSA) is 54.3 Å². The van der Waals surface area contributed by atoms with Gasteiger partial charge in [-0.05, 0) is 54.3 Å². The molecule has 1 aliphatic rings. The molecule has 0 bridgehead atoms. The van der Waals surface area contributed by atoms with E-state index in [0.29, 0.717) is 11.4 Å². The molecule has 1 atom stereocenters. The molecule has 3 aromatic rings. The molecule has 29 heavy (non-hydrogen) atoms. The summed E-state index contributed by atoms with van der Waals surface area (Å²) in [5.74, 6) is 0. The third-order valence-electron chi connectivity index (χ3n) is 5.69. The average molecular weight is 410 g/mol. The van der Waals surface area contributed by atoms with E-state index in [9.17, 15) is 8.42 Å². The molecular weight excluding hydrogens is 382 g/mol. The Bertz CT molecular complexity index is 1100. The zero-order valence-electron chi connectivity index (χ0n) is 16.9. The minimum atomic E-state index is -3.57. The number of hydrogen-bond acceptors (Lipinski definition) is 3. The van der Waals surface area contributed by atoms with Gasteiger partial charge in [-0.3, -0.25) is 4.90 Å². The van der Waals surface area contributed by atoms with Crippen LogP contribution in [0.2, 0.25) is 0 Å². The van der Waals surface area contributed by atoms with Crippen LogP contribution >= 0.6 is 0 Å². The van der Waals surface area contributed by atoms with Gasteiger partial charge in [-0.25, -0.2) is 13.1 Å². The lowest BCUT2D eigenvalue weighted by Gasteiger charge is -2.36. The van der Waals surface area contributed by atoms with Crippen molar-refractivity contribution in [2.75, 3.05) is 13.1 Å². The van der Waals surface area contributed by atoms with E-state index in [0.717, 1.165) is 30.8 Å². The summed E-state index contributed by atoms with van der Waals surface area (Å²) in [5, 5.41) is 0. The first-order valence-electron chi connectivity index (χ1n) is 9.92. The number of nitrogens with one attached hydrogen (secondary N) is 1. The smallest absolute Gasteiger partial charge is 0.240 e. The van der Waals surface area contributed by atoms with Crippen LogP contribution in [0.3, 0.4) is 0 Å². The van der Waals surface area contributed by atoms with Gasteiger partial charge in [-0.15, -0.1) is 0 Å². The van der Waals surface area contributed by atoms with Crippen LogP contribution < -0.4 is 4.72 Å². The molecule has 1 unspecified atom stereocenters. The van der Waals surface area contributed by atoms with Crippen molar-refractivity contribution < 1.29 is 8.42 Å². The number of nitrogens with zero attached hydrogens (tertiary/aromatic N) is 2. The van der Waals surface area contributed by atoms with E-state index >= 15 is 0 Å². The average Bonchev–Trinajstić information content (AvgIpc) is 3.14. The Morgan fingerprint density at radius 1 is 1.03 bits per heavy atom. The molecule has 0 amide bonds. The minimum Gasteiger partial charge on any atom is -0.353 e. The molecule has 4 rings (SSSR count). The molecule has 0 radical (unpaired) electrons. The summed E-state index contributed by atoms with van der Waals surface area (Å²) in [7, 11) is -1.56. The first-order valence-corrected chi connectivity index (χ1v) is 11.4. The molecule has 2 heterocycles. The largest absolute Gasteiger partial charge is 0.353 e. The van der Waals surface area contributed by atoms with Gasteiger partial charge in [0.2, 0.25) is 10.0 Å². The molecule has 2 aromatic carbocycles. The maximum absolute atomic E-state index is 12.9. The maximum atomic E-state index is 12.9. The number of hydrogen-bond donors (Lipinski definition) is 1. The maximum Gasteiger partial charge on any atom is 0.240 e. The summed E-state index contributed by atoms with van der Waals surface area (Å²) >= 11 is 0. The highest BCUT2D eigenvalue weighted by atomic mass is 32.2. The van der Waals surface area contributed by atoms with Gasteiger partial charge in [-0.1, -0.05) is 36.4 Å². The van der Waals surface area contributed by atoms with E-state index in [1.807, 2.05) is 32.3 Å². The minimum absolute atomic E-state index is 0.0389. The van der Waals surface area contributed by atoms with Gasteiger partial charge in [0.05, 0.1) is 10.9 Å². The number of sulfonamides is 1. The van der Waals surface area contributed by atoms with Crippen molar-refractivity contribution in [2.45, 2.75) is 30.8 Å². The quantitative estimate of drug-likeness (QED) is 0.679. The molecule has 1 N–H and O–H groups in total. The fraction of sp³-hybridized carbons (Fsp3) is 0.304. The molecule has 0 saturated heterocycles. The predicted octanol–water partition coefficient (Wildman–Crippen LogP) is 3.41. The van der Waals surface area contributed by atoms with Crippen LogP contribution in [0.15, 0.2) is 71.8 Å². The Hall–Kier alpha value is -2.41. The molecular formula is C23H27N3O2S.